The molecule has 1 rings (SSSR count). The zero-order chi connectivity index (χ0) is 8.43. The van der Waals surface area contributed by atoms with Gasteiger partial charge in [-0.05, 0) is 34.5 Å². The fraction of sp³-hybridized carbons (Fsp3) is 0.125. The van der Waals surface area contributed by atoms with Gasteiger partial charge in [-0.15, -0.1) is 0 Å². The van der Waals surface area contributed by atoms with Crippen molar-refractivity contribution in [1.82, 2.24) is 0 Å². The van der Waals surface area contributed by atoms with E-state index in [1.54, 1.807) is 0 Å². The van der Waals surface area contributed by atoms with Crippen molar-refractivity contribution in [1.29, 1.82) is 0 Å². The Morgan fingerprint density at radius 1 is 1.55 bits per heavy atom. The van der Waals surface area contributed by atoms with Crippen LogP contribution in [0.25, 0.3) is 0 Å². The fourth-order valence-corrected chi connectivity index (χ4v) is 1.22. The molecule has 0 unspecified atom stereocenters. The Morgan fingerprint density at radius 2 is 2.18 bits per heavy atom. The Hall–Kier alpha value is -0.830. The Morgan fingerprint density at radius 3 is 2.64 bits per heavy atom. The minimum absolute atomic E-state index is 0.514. The highest BCUT2D eigenvalue weighted by atomic mass is 79.9. The van der Waals surface area contributed by atoms with Crippen molar-refractivity contribution < 1.29 is 4.79 Å². The van der Waals surface area contributed by atoms with Crippen molar-refractivity contribution in [3.05, 3.63) is 27.7 Å². The van der Waals surface area contributed by atoms with Gasteiger partial charge in [0.15, 0.2) is 6.29 Å². The number of hydrogen-bond donors (Lipinski definition) is 1. The van der Waals surface area contributed by atoms with Crippen molar-refractivity contribution in [2.45, 2.75) is 6.92 Å². The summed E-state index contributed by atoms with van der Waals surface area (Å²) in [5.74, 6) is 0. The summed E-state index contributed by atoms with van der Waals surface area (Å²) in [6.45, 7) is 1.85. The van der Waals surface area contributed by atoms with Gasteiger partial charge in [0.25, 0.3) is 0 Å². The number of nitrogens with two attached hydrogens (primary N) is 1. The predicted octanol–water partition coefficient (Wildman–Crippen LogP) is 2.15. The number of benzene rings is 1. The first-order valence-corrected chi connectivity index (χ1v) is 3.96. The van der Waals surface area contributed by atoms with Crippen LogP contribution in [0.2, 0.25) is 0 Å². The van der Waals surface area contributed by atoms with Crippen LogP contribution in [-0.4, -0.2) is 6.29 Å². The first-order chi connectivity index (χ1) is 5.16. The fourth-order valence-electron chi connectivity index (χ4n) is 0.875. The minimum atomic E-state index is 0.514. The van der Waals surface area contributed by atoms with Crippen LogP contribution in [0.5, 0.6) is 0 Å². The quantitative estimate of drug-likeness (QED) is 0.574. The van der Waals surface area contributed by atoms with Gasteiger partial charge in [0.1, 0.15) is 0 Å². The highest BCUT2D eigenvalue weighted by Crippen LogP contribution is 2.24. The lowest BCUT2D eigenvalue weighted by molar-refractivity contribution is 0.112. The maximum absolute atomic E-state index is 10.5. The maximum Gasteiger partial charge on any atom is 0.152 e. The summed E-state index contributed by atoms with van der Waals surface area (Å²) in [7, 11) is 0. The molecular weight excluding hydrogens is 206 g/mol. The molecule has 2 N–H and O–H groups in total. The van der Waals surface area contributed by atoms with Gasteiger partial charge in [0, 0.05) is 10.0 Å². The highest BCUT2D eigenvalue weighted by molar-refractivity contribution is 9.10. The normalized spacial score (nSPS) is 9.64. The van der Waals surface area contributed by atoms with Gasteiger partial charge in [0.2, 0.25) is 0 Å². The number of carbonyl (C=O) groups excluding carboxylic acids is 1. The number of aryl methyl sites for hydroxylation is 1. The van der Waals surface area contributed by atoms with Crippen LogP contribution in [0, 0.1) is 6.92 Å². The highest BCUT2D eigenvalue weighted by Gasteiger charge is 2.04. The van der Waals surface area contributed by atoms with Gasteiger partial charge in [-0.25, -0.2) is 0 Å². The van der Waals surface area contributed by atoms with Gasteiger partial charge < -0.3 is 5.73 Å². The number of anilines is 1. The second-order valence-corrected chi connectivity index (χ2v) is 3.16. The number of halogens is 1. The smallest absolute Gasteiger partial charge is 0.152 e. The topological polar surface area (TPSA) is 43.1 Å². The summed E-state index contributed by atoms with van der Waals surface area (Å²) in [5, 5.41) is 0. The van der Waals surface area contributed by atoms with Crippen LogP contribution in [0.1, 0.15) is 15.9 Å². The van der Waals surface area contributed by atoms with E-state index in [1.165, 1.54) is 0 Å². The van der Waals surface area contributed by atoms with Crippen LogP contribution in [0.15, 0.2) is 16.6 Å². The molecule has 2 nitrogen and oxygen atoms in total. The van der Waals surface area contributed by atoms with Crippen LogP contribution in [-0.2, 0) is 0 Å². The monoisotopic (exact) mass is 213 g/mol. The largest absolute Gasteiger partial charge is 0.397 e. The molecule has 0 saturated heterocycles. The summed E-state index contributed by atoms with van der Waals surface area (Å²) in [6, 6.07) is 3.68. The van der Waals surface area contributed by atoms with E-state index in [0.717, 1.165) is 16.3 Å². The third-order valence-corrected chi connectivity index (χ3v) is 2.26. The number of aldehydes is 1. The van der Waals surface area contributed by atoms with Crippen molar-refractivity contribution in [3.63, 3.8) is 0 Å². The van der Waals surface area contributed by atoms with E-state index in [2.05, 4.69) is 15.9 Å². The van der Waals surface area contributed by atoms with Crippen LogP contribution < -0.4 is 5.73 Å². The van der Waals surface area contributed by atoms with Crippen LogP contribution in [0.3, 0.4) is 0 Å². The second-order valence-electron chi connectivity index (χ2n) is 2.31. The van der Waals surface area contributed by atoms with E-state index < -0.39 is 0 Å². The van der Waals surface area contributed by atoms with E-state index in [0.29, 0.717) is 11.3 Å². The molecule has 0 aliphatic rings. The Balaban J connectivity index is 3.40. The summed E-state index contributed by atoms with van der Waals surface area (Å²) < 4.78 is 0.769. The zero-order valence-electron chi connectivity index (χ0n) is 6.10. The molecule has 0 radical (unpaired) electrons. The molecule has 1 aromatic carbocycles. The van der Waals surface area contributed by atoms with Gasteiger partial charge in [-0.3, -0.25) is 4.79 Å². The standard InChI is InChI=1S/C8H8BrNO/c1-5-2-3-7(9)8(10)6(5)4-11/h2-4H,10H2,1H3. The lowest BCUT2D eigenvalue weighted by Crippen LogP contribution is -1.96. The van der Waals surface area contributed by atoms with E-state index in [9.17, 15) is 4.79 Å². The number of hydrogen-bond acceptors (Lipinski definition) is 2. The van der Waals surface area contributed by atoms with Gasteiger partial charge in [0.05, 0.1) is 5.69 Å². The lowest BCUT2D eigenvalue weighted by atomic mass is 10.1. The molecule has 0 aromatic heterocycles. The van der Waals surface area contributed by atoms with Gasteiger partial charge in [-0.2, -0.15) is 0 Å². The molecule has 0 amide bonds. The van der Waals surface area contributed by atoms with Crippen molar-refractivity contribution in [2.75, 3.05) is 5.73 Å². The molecule has 3 heteroatoms. The molecule has 0 aliphatic carbocycles. The second kappa shape index (κ2) is 3.05. The number of carbonyl (C=O) groups is 1. The lowest BCUT2D eigenvalue weighted by Gasteiger charge is -2.03. The first-order valence-electron chi connectivity index (χ1n) is 3.16. The Labute approximate surface area is 73.5 Å². The molecule has 0 heterocycles. The summed E-state index contributed by atoms with van der Waals surface area (Å²) in [5.41, 5.74) is 7.60. The average molecular weight is 214 g/mol. The molecule has 0 saturated carbocycles. The van der Waals surface area contributed by atoms with E-state index >= 15 is 0 Å². The molecule has 0 bridgehead atoms. The molecular formula is C8H8BrNO. The predicted molar refractivity (Wildman–Crippen MR) is 48.7 cm³/mol. The summed E-state index contributed by atoms with van der Waals surface area (Å²) in [6.07, 6.45) is 0.773. The summed E-state index contributed by atoms with van der Waals surface area (Å²) >= 11 is 3.24. The Bertz CT molecular complexity index is 296. The third-order valence-electron chi connectivity index (χ3n) is 1.57. The van der Waals surface area contributed by atoms with E-state index in [4.69, 9.17) is 5.73 Å². The molecule has 11 heavy (non-hydrogen) atoms. The Kier molecular flexibility index (Phi) is 2.29. The van der Waals surface area contributed by atoms with Crippen molar-refractivity contribution >= 4 is 27.9 Å². The average Bonchev–Trinajstić information content (AvgIpc) is 1.99. The van der Waals surface area contributed by atoms with Crippen LogP contribution in [0.4, 0.5) is 5.69 Å². The number of nitrogen functional groups attached to an aromatic ring is 1. The first kappa shape index (κ1) is 8.27. The molecule has 0 spiro atoms. The van der Waals surface area contributed by atoms with Gasteiger partial charge in [-0.1, -0.05) is 6.07 Å². The minimum Gasteiger partial charge on any atom is -0.397 e. The number of rotatable bonds is 1. The zero-order valence-corrected chi connectivity index (χ0v) is 7.68. The molecule has 1 aromatic rings. The van der Waals surface area contributed by atoms with E-state index in [-0.39, 0.29) is 0 Å². The molecule has 0 atom stereocenters. The van der Waals surface area contributed by atoms with Crippen molar-refractivity contribution in [2.24, 2.45) is 0 Å². The third kappa shape index (κ3) is 1.43. The van der Waals surface area contributed by atoms with E-state index in [1.807, 2.05) is 19.1 Å². The molecule has 0 aliphatic heterocycles. The van der Waals surface area contributed by atoms with Crippen molar-refractivity contribution in [3.8, 4) is 0 Å². The SMILES string of the molecule is Cc1ccc(Br)c(N)c1C=O. The van der Waals surface area contributed by atoms with Crippen LogP contribution >= 0.6 is 15.9 Å². The molecule has 0 fully saturated rings. The summed E-state index contributed by atoms with van der Waals surface area (Å²) in [4.78, 5) is 10.5. The molecule has 58 valence electrons. The van der Waals surface area contributed by atoms with Gasteiger partial charge >= 0.3 is 0 Å². The maximum atomic E-state index is 10.5.